The largest absolute Gasteiger partial charge is 0.339 e. The van der Waals surface area contributed by atoms with Gasteiger partial charge in [0, 0.05) is 19.2 Å². The summed E-state index contributed by atoms with van der Waals surface area (Å²) in [6, 6.07) is 8.13. The molecule has 0 unspecified atom stereocenters. The van der Waals surface area contributed by atoms with Crippen LogP contribution in [0.4, 0.5) is 11.4 Å². The lowest BCUT2D eigenvalue weighted by Crippen LogP contribution is -2.36. The Hall–Kier alpha value is -2.74. The number of carbonyl (C=O) groups is 2. The molecule has 1 fully saturated rings. The van der Waals surface area contributed by atoms with Crippen LogP contribution in [0.25, 0.3) is 0 Å². The summed E-state index contributed by atoms with van der Waals surface area (Å²) in [4.78, 5) is 38.3. The molecule has 2 aromatic rings. The number of nitrogens with zero attached hydrogens (tertiary/aromatic N) is 2. The van der Waals surface area contributed by atoms with Crippen molar-refractivity contribution in [2.24, 2.45) is 0 Å². The van der Waals surface area contributed by atoms with E-state index in [1.165, 1.54) is 6.07 Å². The normalized spacial score (nSPS) is 14.1. The Labute approximate surface area is 154 Å². The van der Waals surface area contributed by atoms with Gasteiger partial charge in [-0.05, 0) is 38.3 Å². The Bertz CT molecular complexity index is 856. The third-order valence-electron chi connectivity index (χ3n) is 4.36. The molecule has 26 heavy (non-hydrogen) atoms. The molecule has 0 aliphatic carbocycles. The molecule has 1 N–H and O–H groups in total. The molecule has 1 aliphatic heterocycles. The molecule has 0 atom stereocenters. The van der Waals surface area contributed by atoms with Crippen molar-refractivity contribution in [3.8, 4) is 0 Å². The number of likely N-dealkylation sites (tertiary alicyclic amines) is 1. The summed E-state index contributed by atoms with van der Waals surface area (Å²) in [5, 5.41) is 13.7. The predicted octanol–water partition coefficient (Wildman–Crippen LogP) is 3.84. The van der Waals surface area contributed by atoms with Gasteiger partial charge in [-0.2, -0.15) is 0 Å². The standard InChI is InChI=1S/C18H19N3O4S/c1-12-15(21(24)25)11-16(26-12)17(22)19-14-8-4-3-7-13(14)18(23)20-9-5-2-6-10-20/h3-4,7-8,11H,2,5-6,9-10H2,1H3,(H,19,22). The topological polar surface area (TPSA) is 92.6 Å². The fourth-order valence-corrected chi connectivity index (χ4v) is 3.88. The minimum Gasteiger partial charge on any atom is -0.339 e. The van der Waals surface area contributed by atoms with Gasteiger partial charge in [-0.25, -0.2) is 0 Å². The number of aryl methyl sites for hydroxylation is 1. The van der Waals surface area contributed by atoms with Gasteiger partial charge in [0.15, 0.2) is 0 Å². The molecule has 0 saturated carbocycles. The first-order valence-electron chi connectivity index (χ1n) is 8.42. The molecule has 3 rings (SSSR count). The van der Waals surface area contributed by atoms with Crippen LogP contribution < -0.4 is 5.32 Å². The number of nitro groups is 1. The van der Waals surface area contributed by atoms with Crippen molar-refractivity contribution in [1.29, 1.82) is 0 Å². The predicted molar refractivity (Wildman–Crippen MR) is 99.9 cm³/mol. The third-order valence-corrected chi connectivity index (χ3v) is 5.40. The summed E-state index contributed by atoms with van der Waals surface area (Å²) in [6.45, 7) is 3.04. The van der Waals surface area contributed by atoms with Gasteiger partial charge in [-0.3, -0.25) is 19.7 Å². The zero-order chi connectivity index (χ0) is 18.7. The molecular formula is C18H19N3O4S. The van der Waals surface area contributed by atoms with Gasteiger partial charge in [-0.1, -0.05) is 12.1 Å². The van der Waals surface area contributed by atoms with Crippen LogP contribution in [-0.2, 0) is 0 Å². The first-order chi connectivity index (χ1) is 12.5. The van der Waals surface area contributed by atoms with Gasteiger partial charge in [0.25, 0.3) is 17.5 Å². The minimum absolute atomic E-state index is 0.0715. The van der Waals surface area contributed by atoms with Gasteiger partial charge < -0.3 is 10.2 Å². The minimum atomic E-state index is -0.504. The summed E-state index contributed by atoms with van der Waals surface area (Å²) in [5.74, 6) is -0.556. The molecule has 136 valence electrons. The zero-order valence-corrected chi connectivity index (χ0v) is 15.2. The van der Waals surface area contributed by atoms with Crippen LogP contribution in [0.1, 0.15) is 44.2 Å². The SMILES string of the molecule is Cc1sc(C(=O)Nc2ccccc2C(=O)N2CCCCC2)cc1[N+](=O)[O-]. The molecule has 7 nitrogen and oxygen atoms in total. The summed E-state index contributed by atoms with van der Waals surface area (Å²) in [5.41, 5.74) is 0.783. The second-order valence-corrected chi connectivity index (χ2v) is 7.42. The Morgan fingerprint density at radius 1 is 1.19 bits per heavy atom. The van der Waals surface area contributed by atoms with Crippen LogP contribution in [0.15, 0.2) is 30.3 Å². The molecule has 2 heterocycles. The van der Waals surface area contributed by atoms with E-state index in [1.54, 1.807) is 36.1 Å². The second-order valence-electron chi connectivity index (χ2n) is 6.16. The molecule has 8 heteroatoms. The Morgan fingerprint density at radius 3 is 2.54 bits per heavy atom. The molecule has 1 saturated heterocycles. The fraction of sp³-hybridized carbons (Fsp3) is 0.333. The lowest BCUT2D eigenvalue weighted by molar-refractivity contribution is -0.385. The summed E-state index contributed by atoms with van der Waals surface area (Å²) < 4.78 is 0. The number of hydrogen-bond donors (Lipinski definition) is 1. The van der Waals surface area contributed by atoms with Crippen LogP contribution >= 0.6 is 11.3 Å². The van der Waals surface area contributed by atoms with Crippen LogP contribution in [0.5, 0.6) is 0 Å². The smallest absolute Gasteiger partial charge is 0.283 e. The van der Waals surface area contributed by atoms with E-state index in [-0.39, 0.29) is 16.5 Å². The average molecular weight is 373 g/mol. The van der Waals surface area contributed by atoms with E-state index in [0.717, 1.165) is 43.7 Å². The number of nitrogens with one attached hydrogen (secondary N) is 1. The molecule has 2 amide bonds. The van der Waals surface area contributed by atoms with E-state index in [4.69, 9.17) is 0 Å². The van der Waals surface area contributed by atoms with Crippen molar-refractivity contribution >= 4 is 34.5 Å². The van der Waals surface area contributed by atoms with E-state index in [9.17, 15) is 19.7 Å². The lowest BCUT2D eigenvalue weighted by Gasteiger charge is -2.27. The number of benzene rings is 1. The Kier molecular flexibility index (Phi) is 5.32. The van der Waals surface area contributed by atoms with Crippen molar-refractivity contribution in [2.75, 3.05) is 18.4 Å². The average Bonchev–Trinajstić information content (AvgIpc) is 3.04. The molecule has 1 aliphatic rings. The fourth-order valence-electron chi connectivity index (χ4n) is 3.00. The number of carbonyl (C=O) groups excluding carboxylic acids is 2. The maximum absolute atomic E-state index is 12.8. The van der Waals surface area contributed by atoms with Gasteiger partial charge in [0.2, 0.25) is 0 Å². The highest BCUT2D eigenvalue weighted by Crippen LogP contribution is 2.29. The van der Waals surface area contributed by atoms with Crippen LogP contribution in [0.3, 0.4) is 0 Å². The van der Waals surface area contributed by atoms with E-state index in [1.807, 2.05) is 0 Å². The van der Waals surface area contributed by atoms with Crippen LogP contribution in [0, 0.1) is 17.0 Å². The van der Waals surface area contributed by atoms with Gasteiger partial charge in [0.1, 0.15) is 0 Å². The molecule has 1 aromatic carbocycles. The second kappa shape index (κ2) is 7.65. The summed E-state index contributed by atoms with van der Waals surface area (Å²) in [6.07, 6.45) is 3.09. The lowest BCUT2D eigenvalue weighted by atomic mass is 10.1. The highest BCUT2D eigenvalue weighted by Gasteiger charge is 2.23. The number of piperidine rings is 1. The number of thiophene rings is 1. The van der Waals surface area contributed by atoms with Crippen LogP contribution in [0.2, 0.25) is 0 Å². The number of rotatable bonds is 4. The van der Waals surface area contributed by atoms with E-state index < -0.39 is 10.8 Å². The van der Waals surface area contributed by atoms with Gasteiger partial charge >= 0.3 is 0 Å². The highest BCUT2D eigenvalue weighted by atomic mass is 32.1. The first-order valence-corrected chi connectivity index (χ1v) is 9.23. The van der Waals surface area contributed by atoms with Crippen molar-refractivity contribution < 1.29 is 14.5 Å². The molecule has 1 aromatic heterocycles. The van der Waals surface area contributed by atoms with E-state index >= 15 is 0 Å². The maximum atomic E-state index is 12.8. The number of para-hydroxylation sites is 1. The third kappa shape index (κ3) is 3.75. The zero-order valence-electron chi connectivity index (χ0n) is 14.4. The van der Waals surface area contributed by atoms with Crippen LogP contribution in [-0.4, -0.2) is 34.7 Å². The summed E-state index contributed by atoms with van der Waals surface area (Å²) >= 11 is 1.06. The monoisotopic (exact) mass is 373 g/mol. The van der Waals surface area contributed by atoms with Gasteiger partial charge in [0.05, 0.1) is 25.9 Å². The van der Waals surface area contributed by atoms with Gasteiger partial charge in [-0.15, -0.1) is 11.3 Å². The van der Waals surface area contributed by atoms with Crippen molar-refractivity contribution in [3.63, 3.8) is 0 Å². The van der Waals surface area contributed by atoms with Crippen molar-refractivity contribution in [2.45, 2.75) is 26.2 Å². The highest BCUT2D eigenvalue weighted by molar-refractivity contribution is 7.14. The van der Waals surface area contributed by atoms with E-state index in [0.29, 0.717) is 16.1 Å². The van der Waals surface area contributed by atoms with Crippen molar-refractivity contribution in [1.82, 2.24) is 4.90 Å². The first kappa shape index (κ1) is 18.1. The quantitative estimate of drug-likeness (QED) is 0.651. The van der Waals surface area contributed by atoms with E-state index in [2.05, 4.69) is 5.32 Å². The molecule has 0 bridgehead atoms. The van der Waals surface area contributed by atoms with Crippen molar-refractivity contribution in [3.05, 3.63) is 55.8 Å². The Morgan fingerprint density at radius 2 is 1.88 bits per heavy atom. The summed E-state index contributed by atoms with van der Waals surface area (Å²) in [7, 11) is 0. The molecular weight excluding hydrogens is 354 g/mol. The Balaban J connectivity index is 1.81. The number of anilines is 1. The molecule has 0 radical (unpaired) electrons. The molecule has 0 spiro atoms. The maximum Gasteiger partial charge on any atom is 0.283 e. The number of hydrogen-bond acceptors (Lipinski definition) is 5. The number of amides is 2.